The minimum Gasteiger partial charge on any atom is -2.00 e. The molecule has 5 heteroatoms. The zero-order valence-corrected chi connectivity index (χ0v) is 7.55. The van der Waals surface area contributed by atoms with E-state index in [2.05, 4.69) is 0 Å². The van der Waals surface area contributed by atoms with Gasteiger partial charge in [-0.2, -0.15) is 0 Å². The van der Waals surface area contributed by atoms with Crippen molar-refractivity contribution < 1.29 is 38.1 Å². The fourth-order valence-corrected chi connectivity index (χ4v) is 0. The van der Waals surface area contributed by atoms with E-state index in [1.165, 1.54) is 0 Å². The Balaban J connectivity index is 0. The van der Waals surface area contributed by atoms with E-state index in [1.54, 1.807) is 0 Å². The molecule has 0 unspecified atom stereocenters. The van der Waals surface area contributed by atoms with Crippen LogP contribution in [0, 0.1) is 0 Å². The Kier molecular flexibility index (Phi) is 378. The standard InChI is InChI=1S/Fe.Mo.3S/q;+6;3*-2. The maximum atomic E-state index is 0. The molecular formula is FeMoS3. The largest absolute Gasteiger partial charge is 6.00 e. The van der Waals surface area contributed by atoms with Gasteiger partial charge in [0.2, 0.25) is 0 Å². The van der Waals surface area contributed by atoms with Gasteiger partial charge in [-0.05, 0) is 0 Å². The second kappa shape index (κ2) is 33.9. The fraction of sp³-hybridized carbons (Fsp3) is 0. The summed E-state index contributed by atoms with van der Waals surface area (Å²) in [6, 6.07) is 0. The van der Waals surface area contributed by atoms with Crippen LogP contribution in [0.5, 0.6) is 0 Å². The molecule has 0 amide bonds. The van der Waals surface area contributed by atoms with E-state index in [1.807, 2.05) is 0 Å². The third kappa shape index (κ3) is 22.3. The van der Waals surface area contributed by atoms with Gasteiger partial charge in [-0.25, -0.2) is 0 Å². The average molecular weight is 248 g/mol. The second-order valence-electron chi connectivity index (χ2n) is 0. The maximum Gasteiger partial charge on any atom is 6.00 e. The fourth-order valence-electron chi connectivity index (χ4n) is 0. The van der Waals surface area contributed by atoms with Gasteiger partial charge in [-0.3, -0.25) is 0 Å². The smallest absolute Gasteiger partial charge is 2.00 e. The third-order valence-electron chi connectivity index (χ3n) is 0. The van der Waals surface area contributed by atoms with Crippen LogP contribution >= 0.6 is 0 Å². The van der Waals surface area contributed by atoms with Gasteiger partial charge in [0.25, 0.3) is 0 Å². The molecule has 0 spiro atoms. The topological polar surface area (TPSA) is 0 Å². The van der Waals surface area contributed by atoms with E-state index < -0.39 is 0 Å². The molecule has 32 valence electrons. The summed E-state index contributed by atoms with van der Waals surface area (Å²) in [4.78, 5) is 0. The molecule has 0 aliphatic carbocycles. The molecule has 0 atom stereocenters. The molecule has 0 nitrogen and oxygen atoms in total. The number of hydrogen-bond acceptors (Lipinski definition) is 0. The van der Waals surface area contributed by atoms with Crippen molar-refractivity contribution in [2.45, 2.75) is 0 Å². The van der Waals surface area contributed by atoms with Crippen LogP contribution in [0.1, 0.15) is 0 Å². The van der Waals surface area contributed by atoms with Crippen LogP contribution < -0.4 is 0 Å². The van der Waals surface area contributed by atoms with Crippen LogP contribution in [0.2, 0.25) is 0 Å². The van der Waals surface area contributed by atoms with Crippen molar-refractivity contribution in [2.75, 3.05) is 0 Å². The monoisotopic (exact) mass is 250 g/mol. The van der Waals surface area contributed by atoms with Gasteiger partial charge in [-0.1, -0.05) is 0 Å². The molecule has 0 aromatic heterocycles. The SMILES string of the molecule is [Fe].[Mo+6].[S-2].[S-2].[S-2]. The van der Waals surface area contributed by atoms with E-state index in [0.717, 1.165) is 0 Å². The van der Waals surface area contributed by atoms with E-state index in [-0.39, 0.29) is 78.6 Å². The summed E-state index contributed by atoms with van der Waals surface area (Å²) in [7, 11) is 0. The van der Waals surface area contributed by atoms with Crippen molar-refractivity contribution in [3.8, 4) is 0 Å². The molecule has 0 radical (unpaired) electrons. The van der Waals surface area contributed by atoms with Crippen LogP contribution in [0.3, 0.4) is 0 Å². The first-order chi connectivity index (χ1) is 0. The Labute approximate surface area is 77.9 Å². The van der Waals surface area contributed by atoms with Crippen LogP contribution in [-0.4, -0.2) is 0 Å². The van der Waals surface area contributed by atoms with Crippen molar-refractivity contribution in [1.82, 2.24) is 0 Å². The molecule has 0 N–H and O–H groups in total. The summed E-state index contributed by atoms with van der Waals surface area (Å²) in [5.41, 5.74) is 0. The van der Waals surface area contributed by atoms with Crippen molar-refractivity contribution in [2.24, 2.45) is 0 Å². The molecule has 0 fully saturated rings. The van der Waals surface area contributed by atoms with Gasteiger partial charge in [0.1, 0.15) is 0 Å². The zero-order chi connectivity index (χ0) is 0. The Bertz CT molecular complexity index is 6.85. The van der Waals surface area contributed by atoms with E-state index in [0.29, 0.717) is 0 Å². The molecule has 0 saturated carbocycles. The molecule has 0 aliphatic heterocycles. The summed E-state index contributed by atoms with van der Waals surface area (Å²) in [5, 5.41) is 0. The normalized spacial score (nSPS) is 0. The minimum atomic E-state index is 0. The van der Waals surface area contributed by atoms with Crippen molar-refractivity contribution in [3.63, 3.8) is 0 Å². The molecule has 0 saturated heterocycles. The predicted molar refractivity (Wildman–Crippen MR) is 22.1 cm³/mol. The van der Waals surface area contributed by atoms with Crippen molar-refractivity contribution >= 4 is 40.5 Å². The van der Waals surface area contributed by atoms with Crippen LogP contribution in [0.4, 0.5) is 0 Å². The third-order valence-corrected chi connectivity index (χ3v) is 0. The van der Waals surface area contributed by atoms with Gasteiger partial charge in [0, 0.05) is 17.1 Å². The molecule has 5 heavy (non-hydrogen) atoms. The number of rotatable bonds is 0. The average Bonchev–Trinajstić information content (AvgIpc) is 0. The summed E-state index contributed by atoms with van der Waals surface area (Å²) in [6.45, 7) is 0. The first-order valence-corrected chi connectivity index (χ1v) is 0. The molecule has 0 aliphatic rings. The van der Waals surface area contributed by atoms with Crippen LogP contribution in [-0.2, 0) is 78.6 Å². The van der Waals surface area contributed by atoms with E-state index >= 15 is 0 Å². The molecule has 0 rings (SSSR count). The van der Waals surface area contributed by atoms with Gasteiger partial charge in [-0.15, -0.1) is 0 Å². The number of hydrogen-bond donors (Lipinski definition) is 0. The molecule has 0 bridgehead atoms. The summed E-state index contributed by atoms with van der Waals surface area (Å²) < 4.78 is 0. The molecule has 0 aromatic carbocycles. The van der Waals surface area contributed by atoms with Gasteiger partial charge < -0.3 is 40.5 Å². The van der Waals surface area contributed by atoms with Crippen molar-refractivity contribution in [1.29, 1.82) is 0 Å². The predicted octanol–water partition coefficient (Wildman–Crippen LogP) is -0.0122. The van der Waals surface area contributed by atoms with E-state index in [4.69, 9.17) is 0 Å². The Morgan fingerprint density at radius 1 is 0.600 bits per heavy atom. The summed E-state index contributed by atoms with van der Waals surface area (Å²) in [6.07, 6.45) is 0. The quantitative estimate of drug-likeness (QED) is 0.529. The van der Waals surface area contributed by atoms with Crippen molar-refractivity contribution in [3.05, 3.63) is 0 Å². The van der Waals surface area contributed by atoms with Gasteiger partial charge in [0.05, 0.1) is 0 Å². The zero-order valence-electron chi connectivity index (χ0n) is 1.99. The Morgan fingerprint density at radius 3 is 0.600 bits per heavy atom. The second-order valence-corrected chi connectivity index (χ2v) is 0. The van der Waals surface area contributed by atoms with E-state index in [9.17, 15) is 0 Å². The Hall–Kier alpha value is 2.26. The molecular weight excluding hydrogens is 248 g/mol. The van der Waals surface area contributed by atoms with Gasteiger partial charge >= 0.3 is 21.1 Å². The van der Waals surface area contributed by atoms with Gasteiger partial charge in [0.15, 0.2) is 0 Å². The Morgan fingerprint density at radius 2 is 0.600 bits per heavy atom. The molecule has 0 heterocycles. The summed E-state index contributed by atoms with van der Waals surface area (Å²) in [5.74, 6) is 0. The summed E-state index contributed by atoms with van der Waals surface area (Å²) >= 11 is 0. The molecule has 0 aromatic rings. The first kappa shape index (κ1) is 55.8. The van der Waals surface area contributed by atoms with Crippen LogP contribution in [0.15, 0.2) is 0 Å². The maximum absolute atomic E-state index is 0. The minimum absolute atomic E-state index is 0. The van der Waals surface area contributed by atoms with Crippen LogP contribution in [0.25, 0.3) is 0 Å². The first-order valence-electron chi connectivity index (χ1n) is 0.